The summed E-state index contributed by atoms with van der Waals surface area (Å²) in [5.41, 5.74) is 0.511. The zero-order chi connectivity index (χ0) is 25.7. The number of benzene rings is 1. The Morgan fingerprint density at radius 1 is 1.08 bits per heavy atom. The van der Waals surface area contributed by atoms with E-state index in [1.54, 1.807) is 27.8 Å². The minimum Gasteiger partial charge on any atom is -0.459 e. The Kier molecular flexibility index (Phi) is 5.48. The van der Waals surface area contributed by atoms with Gasteiger partial charge in [0.25, 0.3) is 11.5 Å². The topological polar surface area (TPSA) is 132 Å². The van der Waals surface area contributed by atoms with E-state index in [0.717, 1.165) is 5.39 Å². The molecule has 0 radical (unpaired) electrons. The van der Waals surface area contributed by atoms with E-state index in [1.165, 1.54) is 6.26 Å². The summed E-state index contributed by atoms with van der Waals surface area (Å²) in [4.78, 5) is 33.2. The van der Waals surface area contributed by atoms with Crippen molar-refractivity contribution < 1.29 is 18.7 Å². The Balaban J connectivity index is 1.40. The summed E-state index contributed by atoms with van der Waals surface area (Å²) in [5.74, 6) is 1.95. The van der Waals surface area contributed by atoms with E-state index in [0.29, 0.717) is 60.3 Å². The number of H-pyrrole nitrogens is 1. The molecule has 2 aliphatic rings. The van der Waals surface area contributed by atoms with Crippen molar-refractivity contribution in [3.8, 4) is 11.5 Å². The number of carbonyl (C=O) groups is 1. The average Bonchev–Trinajstić information content (AvgIpc) is 3.65. The first kappa shape index (κ1) is 23.2. The Labute approximate surface area is 211 Å². The molecule has 0 aliphatic carbocycles. The van der Waals surface area contributed by atoms with E-state index in [9.17, 15) is 9.59 Å². The van der Waals surface area contributed by atoms with Gasteiger partial charge in [-0.15, -0.1) is 5.10 Å². The van der Waals surface area contributed by atoms with Crippen LogP contribution < -0.4 is 15.0 Å². The Bertz CT molecular complexity index is 1510. The molecule has 12 heteroatoms. The number of aromatic amines is 1. The fraction of sp³-hybridized carbons (Fsp3) is 0.400. The van der Waals surface area contributed by atoms with Gasteiger partial charge in [0.05, 0.1) is 17.3 Å². The summed E-state index contributed by atoms with van der Waals surface area (Å²) in [6.07, 6.45) is 1.49. The maximum Gasteiger partial charge on any atom is 0.289 e. The second kappa shape index (κ2) is 8.73. The highest BCUT2D eigenvalue weighted by molar-refractivity contribution is 5.91. The van der Waals surface area contributed by atoms with Crippen LogP contribution in [0.1, 0.15) is 48.8 Å². The largest absolute Gasteiger partial charge is 0.459 e. The van der Waals surface area contributed by atoms with Gasteiger partial charge in [-0.05, 0) is 55.5 Å². The van der Waals surface area contributed by atoms with Crippen LogP contribution in [0.15, 0.2) is 45.8 Å². The third-order valence-corrected chi connectivity index (χ3v) is 6.73. The number of fused-ring (bicyclic) bond motifs is 2. The third-order valence-electron chi connectivity index (χ3n) is 6.73. The maximum atomic E-state index is 13.5. The van der Waals surface area contributed by atoms with Crippen molar-refractivity contribution in [3.63, 3.8) is 0 Å². The van der Waals surface area contributed by atoms with E-state index < -0.39 is 11.6 Å². The van der Waals surface area contributed by atoms with Crippen molar-refractivity contribution in [2.45, 2.75) is 32.4 Å². The summed E-state index contributed by atoms with van der Waals surface area (Å²) < 4.78 is 18.1. The van der Waals surface area contributed by atoms with Gasteiger partial charge in [0.15, 0.2) is 23.1 Å². The van der Waals surface area contributed by atoms with Crippen molar-refractivity contribution >= 4 is 16.8 Å². The molecule has 6 rings (SSSR count). The molecule has 0 spiro atoms. The third kappa shape index (κ3) is 4.12. The molecule has 4 aromatic rings. The first-order valence-electron chi connectivity index (χ1n) is 12.1. The van der Waals surface area contributed by atoms with Gasteiger partial charge < -0.3 is 23.8 Å². The van der Waals surface area contributed by atoms with E-state index in [1.807, 2.05) is 32.9 Å². The molecular weight excluding hydrogens is 478 g/mol. The molecule has 1 saturated heterocycles. The van der Waals surface area contributed by atoms with Gasteiger partial charge in [0.2, 0.25) is 6.79 Å². The molecule has 0 unspecified atom stereocenters. The summed E-state index contributed by atoms with van der Waals surface area (Å²) in [6.45, 7) is 8.15. The van der Waals surface area contributed by atoms with Crippen LogP contribution in [0.25, 0.3) is 10.9 Å². The number of furan rings is 1. The highest BCUT2D eigenvalue weighted by Crippen LogP contribution is 2.36. The second-order valence-corrected chi connectivity index (χ2v) is 10.2. The summed E-state index contributed by atoms with van der Waals surface area (Å²) in [5, 5.41) is 13.4. The fourth-order valence-corrected chi connectivity index (χ4v) is 4.90. The van der Waals surface area contributed by atoms with Crippen LogP contribution in [0, 0.1) is 0 Å². The number of piperazine rings is 1. The minimum absolute atomic E-state index is 0.146. The van der Waals surface area contributed by atoms with E-state index in [4.69, 9.17) is 13.9 Å². The fourth-order valence-electron chi connectivity index (χ4n) is 4.90. The lowest BCUT2D eigenvalue weighted by atomic mass is 10.0. The molecule has 1 amide bonds. The summed E-state index contributed by atoms with van der Waals surface area (Å²) in [6, 6.07) is 8.33. The number of rotatable bonds is 4. The van der Waals surface area contributed by atoms with E-state index in [-0.39, 0.29) is 18.3 Å². The minimum atomic E-state index is -0.534. The molecule has 192 valence electrons. The number of ether oxygens (including phenoxy) is 2. The molecule has 1 fully saturated rings. The number of nitrogens with zero attached hydrogens (tertiary/aromatic N) is 6. The van der Waals surface area contributed by atoms with Gasteiger partial charge in [-0.1, -0.05) is 0 Å². The zero-order valence-corrected chi connectivity index (χ0v) is 20.8. The van der Waals surface area contributed by atoms with Gasteiger partial charge in [0, 0.05) is 43.2 Å². The quantitative estimate of drug-likeness (QED) is 0.443. The lowest BCUT2D eigenvalue weighted by molar-refractivity contribution is 0.0555. The first-order valence-corrected chi connectivity index (χ1v) is 12.1. The summed E-state index contributed by atoms with van der Waals surface area (Å²) in [7, 11) is 0. The van der Waals surface area contributed by atoms with Gasteiger partial charge in [-0.3, -0.25) is 14.5 Å². The van der Waals surface area contributed by atoms with Crippen molar-refractivity contribution in [2.75, 3.05) is 33.0 Å². The lowest BCUT2D eigenvalue weighted by Crippen LogP contribution is -2.51. The van der Waals surface area contributed by atoms with Gasteiger partial charge in [0.1, 0.15) is 6.04 Å². The van der Waals surface area contributed by atoms with E-state index >= 15 is 0 Å². The second-order valence-electron chi connectivity index (χ2n) is 10.2. The van der Waals surface area contributed by atoms with Gasteiger partial charge >= 0.3 is 0 Å². The van der Waals surface area contributed by atoms with Crippen molar-refractivity contribution in [1.29, 1.82) is 0 Å². The SMILES string of the molecule is CC(C)(C)n1nnnc1[C@@H](c1cc2cc3c(cc2[nH]c1=O)OCO3)N1CCN(C(=O)c2ccco2)CC1. The molecule has 0 bridgehead atoms. The molecule has 1 atom stereocenters. The highest BCUT2D eigenvalue weighted by Gasteiger charge is 2.36. The maximum absolute atomic E-state index is 13.5. The number of aromatic nitrogens is 5. The number of pyridine rings is 1. The number of hydrogen-bond donors (Lipinski definition) is 1. The molecule has 2 aliphatic heterocycles. The molecule has 12 nitrogen and oxygen atoms in total. The average molecular weight is 506 g/mol. The molecule has 37 heavy (non-hydrogen) atoms. The highest BCUT2D eigenvalue weighted by atomic mass is 16.7. The van der Waals surface area contributed by atoms with Crippen LogP contribution >= 0.6 is 0 Å². The lowest BCUT2D eigenvalue weighted by Gasteiger charge is -2.39. The Morgan fingerprint density at radius 3 is 2.54 bits per heavy atom. The van der Waals surface area contributed by atoms with Crippen LogP contribution in [0.2, 0.25) is 0 Å². The smallest absolute Gasteiger partial charge is 0.289 e. The number of nitrogens with one attached hydrogen (secondary N) is 1. The monoisotopic (exact) mass is 505 g/mol. The summed E-state index contributed by atoms with van der Waals surface area (Å²) >= 11 is 0. The van der Waals surface area contributed by atoms with Crippen LogP contribution in [0.4, 0.5) is 0 Å². The van der Waals surface area contributed by atoms with Crippen molar-refractivity contribution in [2.24, 2.45) is 0 Å². The number of carbonyl (C=O) groups excluding carboxylic acids is 1. The van der Waals surface area contributed by atoms with Crippen molar-refractivity contribution in [1.82, 2.24) is 35.0 Å². The molecule has 1 aromatic carbocycles. The Morgan fingerprint density at radius 2 is 1.84 bits per heavy atom. The molecule has 0 saturated carbocycles. The van der Waals surface area contributed by atoms with Crippen LogP contribution in [0.3, 0.4) is 0 Å². The van der Waals surface area contributed by atoms with Gasteiger partial charge in [-0.25, -0.2) is 4.68 Å². The van der Waals surface area contributed by atoms with Crippen molar-refractivity contribution in [3.05, 3.63) is 64.1 Å². The molecular formula is C25H27N7O5. The molecule has 1 N–H and O–H groups in total. The van der Waals surface area contributed by atoms with E-state index in [2.05, 4.69) is 25.4 Å². The Hall–Kier alpha value is -4.19. The predicted molar refractivity (Wildman–Crippen MR) is 132 cm³/mol. The number of tetrazole rings is 1. The molecule has 3 aromatic heterocycles. The van der Waals surface area contributed by atoms with Crippen LogP contribution in [0.5, 0.6) is 11.5 Å². The zero-order valence-electron chi connectivity index (χ0n) is 20.8. The first-order chi connectivity index (χ1) is 17.8. The number of amides is 1. The number of hydrogen-bond acceptors (Lipinski definition) is 9. The normalized spacial score (nSPS) is 16.9. The van der Waals surface area contributed by atoms with Crippen LogP contribution in [-0.4, -0.2) is 73.9 Å². The standard InChI is InChI=1S/C25H27N7O5/c1-25(2,3)32-22(27-28-29-32)21(30-6-8-31(9-7-30)24(34)18-5-4-10-35-18)16-11-15-12-19-20(37-14-36-19)13-17(15)26-23(16)33/h4-5,10-13,21H,6-9,14H2,1-3H3,(H,26,33)/t21-/m1/s1. The van der Waals surface area contributed by atoms with Gasteiger partial charge in [-0.2, -0.15) is 0 Å². The van der Waals surface area contributed by atoms with Crippen LogP contribution in [-0.2, 0) is 5.54 Å². The molecule has 5 heterocycles. The predicted octanol–water partition coefficient (Wildman–Crippen LogP) is 2.14.